The SMILES string of the molecule is CC=CCCC(C(N)=O)C1C[C@@H](O)C[C@]1(O)C(=O)CCCCc1ccoc1C. The lowest BCUT2D eigenvalue weighted by Gasteiger charge is -2.33. The van der Waals surface area contributed by atoms with Gasteiger partial charge in [0.15, 0.2) is 5.78 Å². The first-order valence-electron chi connectivity index (χ1n) is 10.2. The summed E-state index contributed by atoms with van der Waals surface area (Å²) in [4.78, 5) is 24.9. The molecule has 28 heavy (non-hydrogen) atoms. The molecule has 1 aromatic heterocycles. The average Bonchev–Trinajstić information content (AvgIpc) is 3.18. The number of aliphatic hydroxyl groups is 2. The van der Waals surface area contributed by atoms with E-state index in [2.05, 4.69) is 0 Å². The minimum atomic E-state index is -1.68. The van der Waals surface area contributed by atoms with E-state index in [4.69, 9.17) is 10.2 Å². The third-order valence-corrected chi connectivity index (χ3v) is 5.97. The number of Topliss-reactive ketones (excluding diaryl/α,β-unsaturated/α-hetero) is 1. The Morgan fingerprint density at radius 3 is 2.79 bits per heavy atom. The highest BCUT2D eigenvalue weighted by atomic mass is 16.3. The van der Waals surface area contributed by atoms with Crippen molar-refractivity contribution < 1.29 is 24.2 Å². The number of amides is 1. The van der Waals surface area contributed by atoms with Crippen LogP contribution in [-0.2, 0) is 16.0 Å². The highest BCUT2D eigenvalue weighted by Gasteiger charge is 2.54. The summed E-state index contributed by atoms with van der Waals surface area (Å²) in [6.07, 6.45) is 8.45. The van der Waals surface area contributed by atoms with Gasteiger partial charge in [0, 0.05) is 24.7 Å². The Balaban J connectivity index is 1.99. The summed E-state index contributed by atoms with van der Waals surface area (Å²) in [6.45, 7) is 3.80. The van der Waals surface area contributed by atoms with Crippen molar-refractivity contribution in [3.8, 4) is 0 Å². The summed E-state index contributed by atoms with van der Waals surface area (Å²) >= 11 is 0. The number of hydrogen-bond acceptors (Lipinski definition) is 5. The van der Waals surface area contributed by atoms with Crippen LogP contribution in [-0.4, -0.2) is 33.6 Å². The number of aryl methyl sites for hydroxylation is 2. The van der Waals surface area contributed by atoms with Crippen molar-refractivity contribution in [3.05, 3.63) is 35.8 Å². The zero-order valence-electron chi connectivity index (χ0n) is 16.9. The maximum absolute atomic E-state index is 12.9. The molecule has 6 heteroatoms. The molecule has 0 aliphatic heterocycles. The van der Waals surface area contributed by atoms with E-state index < -0.39 is 29.4 Å². The Labute approximate surface area is 166 Å². The van der Waals surface area contributed by atoms with Crippen LogP contribution in [0.25, 0.3) is 0 Å². The molecule has 1 heterocycles. The van der Waals surface area contributed by atoms with Gasteiger partial charge in [-0.25, -0.2) is 0 Å². The monoisotopic (exact) mass is 391 g/mol. The number of hydrogen-bond donors (Lipinski definition) is 3. The molecule has 2 unspecified atom stereocenters. The molecule has 0 radical (unpaired) electrons. The molecular formula is C22H33NO5. The zero-order valence-corrected chi connectivity index (χ0v) is 16.9. The van der Waals surface area contributed by atoms with Crippen LogP contribution in [0.2, 0.25) is 0 Å². The van der Waals surface area contributed by atoms with Gasteiger partial charge < -0.3 is 20.4 Å². The number of carbonyl (C=O) groups is 2. The van der Waals surface area contributed by atoms with Crippen LogP contribution in [0.4, 0.5) is 0 Å². The van der Waals surface area contributed by atoms with Gasteiger partial charge in [-0.3, -0.25) is 9.59 Å². The number of ketones is 1. The number of rotatable bonds is 11. The van der Waals surface area contributed by atoms with Gasteiger partial charge >= 0.3 is 0 Å². The Morgan fingerprint density at radius 1 is 1.43 bits per heavy atom. The molecule has 0 bridgehead atoms. The molecule has 6 nitrogen and oxygen atoms in total. The summed E-state index contributed by atoms with van der Waals surface area (Å²) in [5.41, 5.74) is 5.02. The van der Waals surface area contributed by atoms with Crippen LogP contribution in [0.15, 0.2) is 28.9 Å². The number of primary amides is 1. The molecule has 1 aliphatic rings. The van der Waals surface area contributed by atoms with E-state index in [0.29, 0.717) is 19.3 Å². The van der Waals surface area contributed by atoms with Gasteiger partial charge in [-0.15, -0.1) is 0 Å². The first-order valence-corrected chi connectivity index (χ1v) is 10.2. The lowest BCUT2D eigenvalue weighted by molar-refractivity contribution is -0.146. The van der Waals surface area contributed by atoms with Crippen molar-refractivity contribution in [2.45, 2.75) is 76.9 Å². The van der Waals surface area contributed by atoms with Gasteiger partial charge in [0.2, 0.25) is 5.91 Å². The minimum absolute atomic E-state index is 0.0231. The van der Waals surface area contributed by atoms with E-state index in [1.54, 1.807) is 6.26 Å². The second-order valence-electron chi connectivity index (χ2n) is 7.91. The number of carbonyl (C=O) groups excluding carboxylic acids is 2. The molecule has 1 aliphatic carbocycles. The van der Waals surface area contributed by atoms with Crippen molar-refractivity contribution in [3.63, 3.8) is 0 Å². The molecule has 1 aromatic rings. The lowest BCUT2D eigenvalue weighted by atomic mass is 9.75. The number of furan rings is 1. The normalized spacial score (nSPS) is 26.0. The molecule has 1 saturated carbocycles. The third kappa shape index (κ3) is 5.32. The fraction of sp³-hybridized carbons (Fsp3) is 0.636. The van der Waals surface area contributed by atoms with Gasteiger partial charge in [0.1, 0.15) is 11.4 Å². The minimum Gasteiger partial charge on any atom is -0.469 e. The molecule has 4 N–H and O–H groups in total. The van der Waals surface area contributed by atoms with Gasteiger partial charge in [-0.2, -0.15) is 0 Å². The van der Waals surface area contributed by atoms with E-state index in [1.807, 2.05) is 32.1 Å². The molecule has 0 spiro atoms. The Kier molecular flexibility index (Phi) is 8.01. The van der Waals surface area contributed by atoms with E-state index in [1.165, 1.54) is 0 Å². The standard InChI is InChI=1S/C22H33NO5/c1-3-4-5-9-18(21(23)26)19-13-17(24)14-22(19,27)20(25)10-7-6-8-16-11-12-28-15(16)2/h3-4,11-12,17-19,24,27H,5-10,13-14H2,1-2H3,(H2,23,26)/t17-,18?,19?,22-/m1/s1. The fourth-order valence-corrected chi connectivity index (χ4v) is 4.37. The zero-order chi connectivity index (χ0) is 20.7. The van der Waals surface area contributed by atoms with Crippen molar-refractivity contribution in [1.82, 2.24) is 0 Å². The van der Waals surface area contributed by atoms with E-state index in [-0.39, 0.29) is 25.0 Å². The van der Waals surface area contributed by atoms with Crippen molar-refractivity contribution in [2.24, 2.45) is 17.6 Å². The van der Waals surface area contributed by atoms with Gasteiger partial charge in [0.25, 0.3) is 0 Å². The highest BCUT2D eigenvalue weighted by molar-refractivity contribution is 5.89. The molecule has 156 valence electrons. The predicted molar refractivity (Wildman–Crippen MR) is 106 cm³/mol. The first-order chi connectivity index (χ1) is 13.3. The van der Waals surface area contributed by atoms with Crippen LogP contribution in [0.5, 0.6) is 0 Å². The highest BCUT2D eigenvalue weighted by Crippen LogP contribution is 2.43. The smallest absolute Gasteiger partial charge is 0.220 e. The van der Waals surface area contributed by atoms with Crippen molar-refractivity contribution >= 4 is 11.7 Å². The third-order valence-electron chi connectivity index (χ3n) is 5.97. The molecule has 1 fully saturated rings. The van der Waals surface area contributed by atoms with E-state index in [9.17, 15) is 19.8 Å². The predicted octanol–water partition coefficient (Wildman–Crippen LogP) is 2.83. The number of aliphatic hydroxyl groups excluding tert-OH is 1. The van der Waals surface area contributed by atoms with Crippen molar-refractivity contribution in [1.29, 1.82) is 0 Å². The summed E-state index contributed by atoms with van der Waals surface area (Å²) < 4.78 is 5.27. The summed E-state index contributed by atoms with van der Waals surface area (Å²) in [7, 11) is 0. The summed E-state index contributed by atoms with van der Waals surface area (Å²) in [6, 6.07) is 1.93. The van der Waals surface area contributed by atoms with Crippen LogP contribution < -0.4 is 5.73 Å². The number of nitrogens with two attached hydrogens (primary N) is 1. The van der Waals surface area contributed by atoms with Gasteiger partial charge in [-0.1, -0.05) is 12.2 Å². The van der Waals surface area contributed by atoms with Crippen LogP contribution in [0.1, 0.15) is 63.2 Å². The molecule has 4 atom stereocenters. The molecule has 0 aromatic carbocycles. The molecule has 0 saturated heterocycles. The van der Waals surface area contributed by atoms with Gasteiger partial charge in [0.05, 0.1) is 12.4 Å². The Hall–Kier alpha value is -1.92. The quantitative estimate of drug-likeness (QED) is 0.396. The van der Waals surface area contributed by atoms with E-state index >= 15 is 0 Å². The lowest BCUT2D eigenvalue weighted by Crippen LogP contribution is -2.48. The Morgan fingerprint density at radius 2 is 2.18 bits per heavy atom. The van der Waals surface area contributed by atoms with Crippen LogP contribution >= 0.6 is 0 Å². The second kappa shape index (κ2) is 10.0. The number of allylic oxidation sites excluding steroid dienone is 2. The fourth-order valence-electron chi connectivity index (χ4n) is 4.37. The summed E-state index contributed by atoms with van der Waals surface area (Å²) in [5, 5.41) is 21.3. The van der Waals surface area contributed by atoms with Crippen molar-refractivity contribution in [2.75, 3.05) is 0 Å². The second-order valence-corrected chi connectivity index (χ2v) is 7.91. The summed E-state index contributed by atoms with van der Waals surface area (Å²) in [5.74, 6) is -1.19. The van der Waals surface area contributed by atoms with Gasteiger partial charge in [-0.05, 0) is 64.0 Å². The molecule has 2 rings (SSSR count). The average molecular weight is 392 g/mol. The first kappa shape index (κ1) is 22.4. The Bertz CT molecular complexity index is 695. The largest absolute Gasteiger partial charge is 0.469 e. The maximum atomic E-state index is 12.9. The maximum Gasteiger partial charge on any atom is 0.220 e. The van der Waals surface area contributed by atoms with E-state index in [0.717, 1.165) is 24.2 Å². The molecule has 1 amide bonds. The number of unbranched alkanes of at least 4 members (excludes halogenated alkanes) is 1. The topological polar surface area (TPSA) is 114 Å². The van der Waals surface area contributed by atoms with Crippen LogP contribution in [0, 0.1) is 18.8 Å². The van der Waals surface area contributed by atoms with Crippen LogP contribution in [0.3, 0.4) is 0 Å². The molecular weight excluding hydrogens is 358 g/mol.